The highest BCUT2D eigenvalue weighted by Gasteiger charge is 2.30. The molecule has 0 aromatic heterocycles. The van der Waals surface area contributed by atoms with Crippen LogP contribution in [-0.4, -0.2) is 44.0 Å². The number of rotatable bonds is 5. The Morgan fingerprint density at radius 2 is 2.00 bits per heavy atom. The van der Waals surface area contributed by atoms with Gasteiger partial charge in [-0.3, -0.25) is 4.79 Å². The Balaban J connectivity index is 4.59. The number of carbonyl (C=O) groups is 1. The van der Waals surface area contributed by atoms with Gasteiger partial charge in [-0.15, -0.1) is 0 Å². The maximum atomic E-state index is 11.4. The van der Waals surface area contributed by atoms with E-state index in [2.05, 4.69) is 9.46 Å². The van der Waals surface area contributed by atoms with E-state index in [9.17, 15) is 18.3 Å². The van der Waals surface area contributed by atoms with Crippen LogP contribution in [0.1, 0.15) is 20.8 Å². The lowest BCUT2D eigenvalue weighted by atomic mass is 10.0. The van der Waals surface area contributed by atoms with Gasteiger partial charge in [0.1, 0.15) is 0 Å². The molecule has 6 nitrogen and oxygen atoms in total. The smallest absolute Gasteiger partial charge is 0.322 e. The van der Waals surface area contributed by atoms with Crippen LogP contribution in [0.5, 0.6) is 0 Å². The van der Waals surface area contributed by atoms with Crippen molar-refractivity contribution in [3.8, 4) is 0 Å². The molecule has 15 heavy (non-hydrogen) atoms. The van der Waals surface area contributed by atoms with Gasteiger partial charge in [-0.25, -0.2) is 13.1 Å². The summed E-state index contributed by atoms with van der Waals surface area (Å²) in [6, 6.07) is 0. The van der Waals surface area contributed by atoms with Crippen LogP contribution in [0.25, 0.3) is 0 Å². The van der Waals surface area contributed by atoms with Crippen molar-refractivity contribution in [3.05, 3.63) is 0 Å². The summed E-state index contributed by atoms with van der Waals surface area (Å²) in [4.78, 5) is 10.8. The second-order valence-electron chi connectivity index (χ2n) is 3.83. The number of esters is 1. The largest absolute Gasteiger partial charge is 0.468 e. The molecule has 2 N–H and O–H groups in total. The molecule has 0 saturated carbocycles. The third-order valence-corrected chi connectivity index (χ3v) is 3.45. The highest BCUT2D eigenvalue weighted by Crippen LogP contribution is 2.10. The Kier molecular flexibility index (Phi) is 4.69. The van der Waals surface area contributed by atoms with Crippen LogP contribution in [-0.2, 0) is 19.6 Å². The Morgan fingerprint density at radius 1 is 1.53 bits per heavy atom. The molecule has 0 rings (SSSR count). The molecule has 0 radical (unpaired) electrons. The fraction of sp³-hybridized carbons (Fsp3) is 0.875. The van der Waals surface area contributed by atoms with E-state index in [0.717, 1.165) is 7.11 Å². The first-order valence-corrected chi connectivity index (χ1v) is 6.02. The zero-order valence-corrected chi connectivity index (χ0v) is 10.1. The fourth-order valence-corrected chi connectivity index (χ4v) is 2.21. The van der Waals surface area contributed by atoms with Crippen LogP contribution in [0.4, 0.5) is 0 Å². The summed E-state index contributed by atoms with van der Waals surface area (Å²) in [7, 11) is -2.67. The van der Waals surface area contributed by atoms with Gasteiger partial charge in [0.05, 0.1) is 18.8 Å². The quantitative estimate of drug-likeness (QED) is 0.615. The molecule has 90 valence electrons. The van der Waals surface area contributed by atoms with E-state index in [1.807, 2.05) is 0 Å². The number of aliphatic hydroxyl groups is 1. The van der Waals surface area contributed by atoms with Crippen molar-refractivity contribution < 1.29 is 23.1 Å². The molecule has 0 aromatic carbocycles. The molecule has 0 heterocycles. The van der Waals surface area contributed by atoms with Gasteiger partial charge < -0.3 is 9.84 Å². The molecule has 0 amide bonds. The van der Waals surface area contributed by atoms with E-state index >= 15 is 0 Å². The number of methoxy groups -OCH3 is 1. The first-order chi connectivity index (χ1) is 6.60. The number of aliphatic hydroxyl groups excluding tert-OH is 1. The Labute approximate surface area is 89.7 Å². The highest BCUT2D eigenvalue weighted by molar-refractivity contribution is 7.90. The fourth-order valence-electron chi connectivity index (χ4n) is 0.736. The predicted molar refractivity (Wildman–Crippen MR) is 54.7 cm³/mol. The highest BCUT2D eigenvalue weighted by atomic mass is 32.2. The van der Waals surface area contributed by atoms with Gasteiger partial charge in [-0.2, -0.15) is 0 Å². The molecule has 0 saturated heterocycles. The van der Waals surface area contributed by atoms with Gasteiger partial charge >= 0.3 is 5.97 Å². The van der Waals surface area contributed by atoms with E-state index in [4.69, 9.17) is 0 Å². The van der Waals surface area contributed by atoms with E-state index in [1.54, 1.807) is 0 Å². The average molecular weight is 239 g/mol. The van der Waals surface area contributed by atoms with Crippen molar-refractivity contribution in [2.75, 3.05) is 12.9 Å². The standard InChI is InChI=1S/C8H17NO5S/c1-6(10)8(2,3)9-15(12,13)5-7(11)14-4/h6,9-10H,5H2,1-4H3. The molecule has 1 atom stereocenters. The molecule has 0 aliphatic heterocycles. The lowest BCUT2D eigenvalue weighted by Gasteiger charge is -2.28. The molecule has 7 heteroatoms. The van der Waals surface area contributed by atoms with Crippen LogP contribution >= 0.6 is 0 Å². The summed E-state index contributed by atoms with van der Waals surface area (Å²) in [5.74, 6) is -1.59. The summed E-state index contributed by atoms with van der Waals surface area (Å²) in [6.45, 7) is 4.50. The Bertz CT molecular complexity index is 320. The maximum absolute atomic E-state index is 11.4. The average Bonchev–Trinajstić information content (AvgIpc) is 2.00. The topological polar surface area (TPSA) is 92.7 Å². The third-order valence-electron chi connectivity index (χ3n) is 2.00. The number of nitrogens with one attached hydrogen (secondary N) is 1. The van der Waals surface area contributed by atoms with Crippen molar-refractivity contribution >= 4 is 16.0 Å². The lowest BCUT2D eigenvalue weighted by molar-refractivity contribution is -0.137. The van der Waals surface area contributed by atoms with Gasteiger partial charge in [0.25, 0.3) is 0 Å². The summed E-state index contributed by atoms with van der Waals surface area (Å²) in [5, 5.41) is 9.29. The first-order valence-electron chi connectivity index (χ1n) is 4.37. The predicted octanol–water partition coefficient (Wildman–Crippen LogP) is -0.762. The van der Waals surface area contributed by atoms with Crippen LogP contribution in [0.2, 0.25) is 0 Å². The molecular weight excluding hydrogens is 222 g/mol. The minimum Gasteiger partial charge on any atom is -0.468 e. The summed E-state index contributed by atoms with van der Waals surface area (Å²) < 4.78 is 29.3. The van der Waals surface area contributed by atoms with Gasteiger partial charge in [-0.1, -0.05) is 0 Å². The van der Waals surface area contributed by atoms with Crippen molar-refractivity contribution in [1.29, 1.82) is 0 Å². The third kappa shape index (κ3) is 5.10. The number of ether oxygens (including phenoxy) is 1. The normalized spacial score (nSPS) is 14.7. The lowest BCUT2D eigenvalue weighted by Crippen LogP contribution is -2.52. The van der Waals surface area contributed by atoms with Crippen molar-refractivity contribution in [2.24, 2.45) is 0 Å². The monoisotopic (exact) mass is 239 g/mol. The molecule has 0 aromatic rings. The summed E-state index contributed by atoms with van der Waals surface area (Å²) in [5.41, 5.74) is -1.02. The molecule has 0 aliphatic rings. The molecule has 0 spiro atoms. The molecule has 0 aliphatic carbocycles. The van der Waals surface area contributed by atoms with Crippen LogP contribution in [0, 0.1) is 0 Å². The van der Waals surface area contributed by atoms with Crippen molar-refractivity contribution in [2.45, 2.75) is 32.4 Å². The molecule has 0 fully saturated rings. The summed E-state index contributed by atoms with van der Waals surface area (Å²) in [6.07, 6.45) is -0.870. The van der Waals surface area contributed by atoms with E-state index in [1.165, 1.54) is 20.8 Å². The Morgan fingerprint density at radius 3 is 2.33 bits per heavy atom. The van der Waals surface area contributed by atoms with Crippen molar-refractivity contribution in [1.82, 2.24) is 4.72 Å². The number of hydrogen-bond donors (Lipinski definition) is 2. The number of hydrogen-bond acceptors (Lipinski definition) is 5. The first kappa shape index (κ1) is 14.3. The molecule has 0 bridgehead atoms. The van der Waals surface area contributed by atoms with E-state index in [-0.39, 0.29) is 0 Å². The Hall–Kier alpha value is -0.660. The second-order valence-corrected chi connectivity index (χ2v) is 5.56. The zero-order valence-electron chi connectivity index (χ0n) is 9.27. The molecular formula is C8H17NO5S. The van der Waals surface area contributed by atoms with E-state index in [0.29, 0.717) is 0 Å². The maximum Gasteiger partial charge on any atom is 0.322 e. The second kappa shape index (κ2) is 4.91. The van der Waals surface area contributed by atoms with Gasteiger partial charge in [0, 0.05) is 0 Å². The minimum atomic E-state index is -3.78. The number of sulfonamides is 1. The van der Waals surface area contributed by atoms with Crippen LogP contribution in [0.3, 0.4) is 0 Å². The number of carbonyl (C=O) groups excluding carboxylic acids is 1. The van der Waals surface area contributed by atoms with Crippen molar-refractivity contribution in [3.63, 3.8) is 0 Å². The minimum absolute atomic E-state index is 0.750. The van der Waals surface area contributed by atoms with Gasteiger partial charge in [0.15, 0.2) is 5.75 Å². The van der Waals surface area contributed by atoms with E-state index < -0.39 is 33.4 Å². The zero-order chi connectivity index (χ0) is 12.3. The van der Waals surface area contributed by atoms with Gasteiger partial charge in [-0.05, 0) is 20.8 Å². The van der Waals surface area contributed by atoms with Crippen LogP contribution < -0.4 is 4.72 Å². The van der Waals surface area contributed by atoms with Crippen LogP contribution in [0.15, 0.2) is 0 Å². The van der Waals surface area contributed by atoms with Gasteiger partial charge in [0.2, 0.25) is 10.0 Å². The summed E-state index contributed by atoms with van der Waals surface area (Å²) >= 11 is 0. The molecule has 1 unspecified atom stereocenters. The SMILES string of the molecule is COC(=O)CS(=O)(=O)NC(C)(C)C(C)O.